The molecule has 0 heterocycles. The highest BCUT2D eigenvalue weighted by Gasteiger charge is 1.89. The number of carbonyl (C=O) groups is 1. The van der Waals surface area contributed by atoms with Crippen molar-refractivity contribution in [2.45, 2.75) is 34.6 Å². The van der Waals surface area contributed by atoms with Crippen LogP contribution in [-0.4, -0.2) is 25.7 Å². The SMILES string of the molecule is CC.CNC.Cc1ccc(C)c(C)c1.O=CO. The molecule has 0 bridgehead atoms. The molecule has 0 aliphatic carbocycles. The zero-order valence-electron chi connectivity index (χ0n) is 12.2. The van der Waals surface area contributed by atoms with Crippen LogP contribution >= 0.6 is 0 Å². The van der Waals surface area contributed by atoms with Crippen molar-refractivity contribution in [2.24, 2.45) is 0 Å². The largest absolute Gasteiger partial charge is 0.483 e. The van der Waals surface area contributed by atoms with Gasteiger partial charge in [-0.3, -0.25) is 4.79 Å². The highest BCUT2D eigenvalue weighted by atomic mass is 16.3. The molecule has 0 aliphatic rings. The van der Waals surface area contributed by atoms with Crippen molar-refractivity contribution in [1.29, 1.82) is 0 Å². The lowest BCUT2D eigenvalue weighted by Gasteiger charge is -1.98. The van der Waals surface area contributed by atoms with Gasteiger partial charge in [0, 0.05) is 0 Å². The van der Waals surface area contributed by atoms with Gasteiger partial charge in [-0.05, 0) is 46.0 Å². The van der Waals surface area contributed by atoms with E-state index in [1.54, 1.807) is 0 Å². The van der Waals surface area contributed by atoms with Crippen molar-refractivity contribution >= 4 is 6.47 Å². The summed E-state index contributed by atoms with van der Waals surface area (Å²) in [6.45, 7) is 10.1. The molecule has 1 aromatic rings. The van der Waals surface area contributed by atoms with E-state index in [1.807, 2.05) is 27.9 Å². The third-order valence-electron chi connectivity index (χ3n) is 1.66. The van der Waals surface area contributed by atoms with E-state index in [2.05, 4.69) is 44.3 Å². The first kappa shape index (κ1) is 21.0. The summed E-state index contributed by atoms with van der Waals surface area (Å²) in [7, 11) is 3.75. The number of rotatable bonds is 0. The minimum absolute atomic E-state index is 0.250. The molecule has 0 unspecified atom stereocenters. The zero-order valence-corrected chi connectivity index (χ0v) is 12.2. The van der Waals surface area contributed by atoms with Gasteiger partial charge in [-0.15, -0.1) is 0 Å². The van der Waals surface area contributed by atoms with Crippen molar-refractivity contribution in [3.63, 3.8) is 0 Å². The second kappa shape index (κ2) is 17.1. The average molecular weight is 241 g/mol. The van der Waals surface area contributed by atoms with Crippen molar-refractivity contribution in [1.82, 2.24) is 5.32 Å². The Kier molecular flexibility index (Phi) is 21.1. The van der Waals surface area contributed by atoms with Crippen LogP contribution < -0.4 is 5.32 Å². The van der Waals surface area contributed by atoms with Gasteiger partial charge in [-0.1, -0.05) is 37.6 Å². The molecule has 0 spiro atoms. The minimum atomic E-state index is -0.250. The molecule has 0 saturated heterocycles. The Morgan fingerprint density at radius 3 is 1.65 bits per heavy atom. The molecule has 0 aliphatic heterocycles. The summed E-state index contributed by atoms with van der Waals surface area (Å²) in [5.74, 6) is 0. The van der Waals surface area contributed by atoms with E-state index in [4.69, 9.17) is 9.90 Å². The average Bonchev–Trinajstić information content (AvgIpc) is 2.29. The van der Waals surface area contributed by atoms with Crippen molar-refractivity contribution < 1.29 is 9.90 Å². The van der Waals surface area contributed by atoms with Crippen LogP contribution in [0.15, 0.2) is 18.2 Å². The van der Waals surface area contributed by atoms with E-state index in [-0.39, 0.29) is 6.47 Å². The quantitative estimate of drug-likeness (QED) is 0.686. The molecule has 0 saturated carbocycles. The fourth-order valence-electron chi connectivity index (χ4n) is 0.891. The lowest BCUT2D eigenvalue weighted by Crippen LogP contribution is -1.89. The molecule has 3 heteroatoms. The lowest BCUT2D eigenvalue weighted by atomic mass is 10.1. The van der Waals surface area contributed by atoms with Crippen LogP contribution in [-0.2, 0) is 4.79 Å². The highest BCUT2D eigenvalue weighted by Crippen LogP contribution is 2.07. The van der Waals surface area contributed by atoms with E-state index < -0.39 is 0 Å². The van der Waals surface area contributed by atoms with Crippen LogP contribution in [0.5, 0.6) is 0 Å². The van der Waals surface area contributed by atoms with Crippen molar-refractivity contribution in [3.05, 3.63) is 34.9 Å². The molecule has 1 rings (SSSR count). The standard InChI is InChI=1S/C9H12.C2H7N.C2H6.CH2O2/c1-7-4-5-8(2)9(3)6-7;1-3-2;1-2;2-1-3/h4-6H,1-3H3;3H,1-2H3;1-2H3;1H,(H,2,3). The number of hydrogen-bond donors (Lipinski definition) is 2. The smallest absolute Gasteiger partial charge is 0.290 e. The third kappa shape index (κ3) is 17.3. The predicted molar refractivity (Wildman–Crippen MR) is 75.7 cm³/mol. The summed E-state index contributed by atoms with van der Waals surface area (Å²) in [6.07, 6.45) is 0. The molecule has 2 N–H and O–H groups in total. The first-order chi connectivity index (χ1) is 8.03. The molecule has 3 nitrogen and oxygen atoms in total. The monoisotopic (exact) mass is 241 g/mol. The number of aryl methyl sites for hydroxylation is 3. The van der Waals surface area contributed by atoms with Gasteiger partial charge >= 0.3 is 0 Å². The van der Waals surface area contributed by atoms with Crippen LogP contribution in [0.2, 0.25) is 0 Å². The second-order valence-electron chi connectivity index (χ2n) is 3.19. The molecule has 17 heavy (non-hydrogen) atoms. The van der Waals surface area contributed by atoms with Crippen LogP contribution in [0.1, 0.15) is 30.5 Å². The van der Waals surface area contributed by atoms with Gasteiger partial charge in [-0.2, -0.15) is 0 Å². The summed E-state index contributed by atoms with van der Waals surface area (Å²) in [5.41, 5.74) is 4.11. The Balaban J connectivity index is -0.000000207. The summed E-state index contributed by atoms with van der Waals surface area (Å²) >= 11 is 0. The minimum Gasteiger partial charge on any atom is -0.483 e. The summed E-state index contributed by atoms with van der Waals surface area (Å²) in [4.78, 5) is 8.36. The maximum atomic E-state index is 8.36. The molecule has 0 radical (unpaired) electrons. The number of nitrogens with one attached hydrogen (secondary N) is 1. The fourth-order valence-corrected chi connectivity index (χ4v) is 0.891. The van der Waals surface area contributed by atoms with Crippen molar-refractivity contribution in [3.8, 4) is 0 Å². The lowest BCUT2D eigenvalue weighted by molar-refractivity contribution is -0.122. The van der Waals surface area contributed by atoms with Crippen molar-refractivity contribution in [2.75, 3.05) is 14.1 Å². The molecule has 0 fully saturated rings. The van der Waals surface area contributed by atoms with Gasteiger partial charge in [0.15, 0.2) is 0 Å². The van der Waals surface area contributed by atoms with Gasteiger partial charge < -0.3 is 10.4 Å². The van der Waals surface area contributed by atoms with Crippen LogP contribution in [0.3, 0.4) is 0 Å². The second-order valence-corrected chi connectivity index (χ2v) is 3.19. The Morgan fingerprint density at radius 1 is 1.06 bits per heavy atom. The Hall–Kier alpha value is -1.35. The molecule has 0 amide bonds. The fraction of sp³-hybridized carbons (Fsp3) is 0.500. The van der Waals surface area contributed by atoms with Gasteiger partial charge in [0.25, 0.3) is 6.47 Å². The molecular weight excluding hydrogens is 214 g/mol. The molecule has 1 aromatic carbocycles. The normalized spacial score (nSPS) is 7.24. The van der Waals surface area contributed by atoms with Gasteiger partial charge in [-0.25, -0.2) is 0 Å². The van der Waals surface area contributed by atoms with Crippen LogP contribution in [0.4, 0.5) is 0 Å². The maximum absolute atomic E-state index is 8.36. The molecule has 0 atom stereocenters. The van der Waals surface area contributed by atoms with Gasteiger partial charge in [0.2, 0.25) is 0 Å². The predicted octanol–water partition coefficient (Wildman–Crippen LogP) is 3.17. The van der Waals surface area contributed by atoms with Gasteiger partial charge in [0.05, 0.1) is 0 Å². The van der Waals surface area contributed by atoms with E-state index >= 15 is 0 Å². The number of carboxylic acid groups (broad SMARTS) is 1. The van der Waals surface area contributed by atoms with Crippen LogP contribution in [0, 0.1) is 20.8 Å². The first-order valence-electron chi connectivity index (χ1n) is 5.73. The Labute approximate surface area is 106 Å². The Bertz CT molecular complexity index is 273. The van der Waals surface area contributed by atoms with Gasteiger partial charge in [0.1, 0.15) is 0 Å². The third-order valence-corrected chi connectivity index (χ3v) is 1.66. The number of hydrogen-bond acceptors (Lipinski definition) is 2. The molecule has 100 valence electrons. The van der Waals surface area contributed by atoms with Crippen LogP contribution in [0.25, 0.3) is 0 Å². The highest BCUT2D eigenvalue weighted by molar-refractivity contribution is 5.32. The zero-order chi connectivity index (χ0) is 14.3. The summed E-state index contributed by atoms with van der Waals surface area (Å²) in [5, 5.41) is 9.64. The summed E-state index contributed by atoms with van der Waals surface area (Å²) < 4.78 is 0. The van der Waals surface area contributed by atoms with E-state index in [1.165, 1.54) is 16.7 Å². The maximum Gasteiger partial charge on any atom is 0.290 e. The topological polar surface area (TPSA) is 49.3 Å². The number of benzene rings is 1. The Morgan fingerprint density at radius 2 is 1.41 bits per heavy atom. The molecular formula is C14H27NO2. The van der Waals surface area contributed by atoms with E-state index in [9.17, 15) is 0 Å². The van der Waals surface area contributed by atoms with E-state index in [0.29, 0.717) is 0 Å². The first-order valence-corrected chi connectivity index (χ1v) is 5.73. The van der Waals surface area contributed by atoms with E-state index in [0.717, 1.165) is 0 Å². The molecule has 0 aromatic heterocycles. The summed E-state index contributed by atoms with van der Waals surface area (Å²) in [6, 6.07) is 6.50.